The Morgan fingerprint density at radius 3 is 1.34 bits per heavy atom. The summed E-state index contributed by atoms with van der Waals surface area (Å²) in [5, 5.41) is 3.09. The van der Waals surface area contributed by atoms with Crippen molar-refractivity contribution in [2.75, 3.05) is 6.54 Å². The van der Waals surface area contributed by atoms with Gasteiger partial charge in [-0.05, 0) is 38.5 Å². The molecule has 0 aromatic rings. The van der Waals surface area contributed by atoms with Gasteiger partial charge in [0.1, 0.15) is 0 Å². The molecule has 32 heavy (non-hydrogen) atoms. The Balaban J connectivity index is 3.17. The summed E-state index contributed by atoms with van der Waals surface area (Å²) in [6.45, 7) is 5.41. The Morgan fingerprint density at radius 1 is 0.500 bits per heavy atom. The number of allylic oxidation sites excluding steroid dienone is 2. The third-order valence-corrected chi connectivity index (χ3v) is 6.52. The van der Waals surface area contributed by atoms with Gasteiger partial charge in [0.25, 0.3) is 0 Å². The highest BCUT2D eigenvalue weighted by Gasteiger charge is 2.00. The topological polar surface area (TPSA) is 29.1 Å². The van der Waals surface area contributed by atoms with Gasteiger partial charge in [-0.15, -0.1) is 0 Å². The molecule has 0 aliphatic heterocycles. The molecule has 0 aliphatic rings. The van der Waals surface area contributed by atoms with Gasteiger partial charge in [0, 0.05) is 13.0 Å². The minimum absolute atomic E-state index is 0.264. The lowest BCUT2D eigenvalue weighted by atomic mass is 10.1. The molecule has 0 aliphatic carbocycles. The van der Waals surface area contributed by atoms with Gasteiger partial charge in [0.15, 0.2) is 0 Å². The molecule has 0 aromatic carbocycles. The van der Waals surface area contributed by atoms with Crippen LogP contribution in [0.25, 0.3) is 0 Å². The molecule has 1 amide bonds. The van der Waals surface area contributed by atoms with E-state index in [1.807, 2.05) is 0 Å². The van der Waals surface area contributed by atoms with Crippen LogP contribution in [-0.4, -0.2) is 12.5 Å². The van der Waals surface area contributed by atoms with Gasteiger partial charge in [-0.3, -0.25) is 4.79 Å². The van der Waals surface area contributed by atoms with E-state index in [4.69, 9.17) is 0 Å². The lowest BCUT2D eigenvalue weighted by Crippen LogP contribution is -2.23. The van der Waals surface area contributed by atoms with Gasteiger partial charge in [-0.2, -0.15) is 0 Å². The van der Waals surface area contributed by atoms with Gasteiger partial charge >= 0.3 is 0 Å². The number of hydrogen-bond acceptors (Lipinski definition) is 1. The Kier molecular flexibility index (Phi) is 27.5. The zero-order chi connectivity index (χ0) is 23.4. The van der Waals surface area contributed by atoms with Crippen LogP contribution in [0.4, 0.5) is 0 Å². The number of rotatable bonds is 26. The summed E-state index contributed by atoms with van der Waals surface area (Å²) in [6.07, 6.45) is 36.1. The minimum Gasteiger partial charge on any atom is -0.356 e. The number of carbonyl (C=O) groups is 1. The van der Waals surface area contributed by atoms with Crippen molar-refractivity contribution in [2.45, 2.75) is 168 Å². The van der Waals surface area contributed by atoms with Crippen molar-refractivity contribution in [3.8, 4) is 0 Å². The van der Waals surface area contributed by atoms with Crippen LogP contribution < -0.4 is 5.32 Å². The smallest absolute Gasteiger partial charge is 0.219 e. The molecule has 0 saturated heterocycles. The minimum atomic E-state index is 0.264. The van der Waals surface area contributed by atoms with Crippen LogP contribution in [-0.2, 0) is 4.79 Å². The van der Waals surface area contributed by atoms with Gasteiger partial charge in [-0.1, -0.05) is 135 Å². The Labute approximate surface area is 202 Å². The van der Waals surface area contributed by atoms with Crippen molar-refractivity contribution in [1.82, 2.24) is 5.32 Å². The maximum atomic E-state index is 11.8. The average Bonchev–Trinajstić information content (AvgIpc) is 2.80. The second-order valence-electron chi connectivity index (χ2n) is 9.87. The molecular weight excluding hydrogens is 390 g/mol. The average molecular weight is 450 g/mol. The number of amides is 1. The summed E-state index contributed by atoms with van der Waals surface area (Å²) < 4.78 is 0. The van der Waals surface area contributed by atoms with E-state index in [-0.39, 0.29) is 5.91 Å². The van der Waals surface area contributed by atoms with Crippen molar-refractivity contribution in [1.29, 1.82) is 0 Å². The van der Waals surface area contributed by atoms with E-state index < -0.39 is 0 Å². The highest BCUT2D eigenvalue weighted by Crippen LogP contribution is 2.12. The third kappa shape index (κ3) is 27.2. The summed E-state index contributed by atoms with van der Waals surface area (Å²) in [5.41, 5.74) is 0. The monoisotopic (exact) mass is 449 g/mol. The van der Waals surface area contributed by atoms with Gasteiger partial charge in [-0.25, -0.2) is 0 Å². The van der Waals surface area contributed by atoms with E-state index in [1.165, 1.54) is 135 Å². The summed E-state index contributed by atoms with van der Waals surface area (Å²) in [7, 11) is 0. The molecule has 0 radical (unpaired) electrons. The summed E-state index contributed by atoms with van der Waals surface area (Å²) >= 11 is 0. The first-order chi connectivity index (χ1) is 15.8. The zero-order valence-electron chi connectivity index (χ0n) is 22.2. The number of nitrogens with one attached hydrogen (secondary N) is 1. The van der Waals surface area contributed by atoms with Crippen LogP contribution >= 0.6 is 0 Å². The Hall–Kier alpha value is -0.790. The molecule has 2 heteroatoms. The molecule has 0 aromatic heterocycles. The summed E-state index contributed by atoms with van der Waals surface area (Å²) in [5.74, 6) is 0.264. The van der Waals surface area contributed by atoms with E-state index in [0.29, 0.717) is 0 Å². The lowest BCUT2D eigenvalue weighted by molar-refractivity contribution is -0.121. The number of hydrogen-bond donors (Lipinski definition) is 1. The molecule has 0 heterocycles. The summed E-state index contributed by atoms with van der Waals surface area (Å²) in [6, 6.07) is 0. The van der Waals surface area contributed by atoms with Crippen molar-refractivity contribution >= 4 is 5.91 Å². The molecule has 2 nitrogen and oxygen atoms in total. The normalized spacial score (nSPS) is 11.4. The predicted octanol–water partition coefficient (Wildman–Crippen LogP) is 10.1. The quantitative estimate of drug-likeness (QED) is 0.103. The lowest BCUT2D eigenvalue weighted by Gasteiger charge is -2.05. The molecule has 0 saturated carbocycles. The van der Waals surface area contributed by atoms with Crippen LogP contribution in [0.1, 0.15) is 168 Å². The first kappa shape index (κ1) is 31.2. The highest BCUT2D eigenvalue weighted by molar-refractivity contribution is 5.75. The molecule has 190 valence electrons. The Bertz CT molecular complexity index is 390. The number of carbonyl (C=O) groups excluding carboxylic acids is 1. The fraction of sp³-hybridized carbons (Fsp3) is 0.900. The van der Waals surface area contributed by atoms with Crippen LogP contribution in [0.3, 0.4) is 0 Å². The largest absolute Gasteiger partial charge is 0.356 e. The molecule has 0 unspecified atom stereocenters. The van der Waals surface area contributed by atoms with E-state index in [2.05, 4.69) is 31.3 Å². The van der Waals surface area contributed by atoms with Crippen LogP contribution in [0, 0.1) is 0 Å². The molecule has 0 atom stereocenters. The van der Waals surface area contributed by atoms with E-state index in [9.17, 15) is 4.79 Å². The first-order valence-electron chi connectivity index (χ1n) is 14.7. The molecule has 1 N–H and O–H groups in total. The van der Waals surface area contributed by atoms with Gasteiger partial charge < -0.3 is 5.32 Å². The fourth-order valence-electron chi connectivity index (χ4n) is 4.28. The highest BCUT2D eigenvalue weighted by atomic mass is 16.1. The second kappa shape index (κ2) is 28.2. The van der Waals surface area contributed by atoms with Crippen LogP contribution in [0.2, 0.25) is 0 Å². The molecule has 0 bridgehead atoms. The molecule has 0 fully saturated rings. The van der Waals surface area contributed by atoms with E-state index in [0.717, 1.165) is 25.8 Å². The maximum Gasteiger partial charge on any atom is 0.219 e. The standard InChI is InChI=1S/C30H59NO/c1-3-5-7-9-11-12-13-14-15-16-17-18-19-20-21-22-23-24-26-28-30(32)31-29-27-25-10-8-6-4-2/h14-15H,3-13,16-29H2,1-2H3,(H,31,32)/b15-14-. The van der Waals surface area contributed by atoms with Crippen molar-refractivity contribution in [2.24, 2.45) is 0 Å². The summed E-state index contributed by atoms with van der Waals surface area (Å²) in [4.78, 5) is 11.8. The van der Waals surface area contributed by atoms with Crippen molar-refractivity contribution in [3.05, 3.63) is 12.2 Å². The van der Waals surface area contributed by atoms with Crippen LogP contribution in [0.5, 0.6) is 0 Å². The maximum absolute atomic E-state index is 11.8. The third-order valence-electron chi connectivity index (χ3n) is 6.52. The van der Waals surface area contributed by atoms with Crippen LogP contribution in [0.15, 0.2) is 12.2 Å². The molecule has 0 spiro atoms. The Morgan fingerprint density at radius 2 is 0.875 bits per heavy atom. The first-order valence-corrected chi connectivity index (χ1v) is 14.7. The van der Waals surface area contributed by atoms with Gasteiger partial charge in [0.05, 0.1) is 0 Å². The zero-order valence-corrected chi connectivity index (χ0v) is 22.2. The molecular formula is C30H59NO. The van der Waals surface area contributed by atoms with Crippen molar-refractivity contribution < 1.29 is 4.79 Å². The van der Waals surface area contributed by atoms with Crippen molar-refractivity contribution in [3.63, 3.8) is 0 Å². The van der Waals surface area contributed by atoms with E-state index in [1.54, 1.807) is 0 Å². The molecule has 0 rings (SSSR count). The SMILES string of the molecule is CCCCCCCC/C=C\CCCCCCCCCCCC(=O)NCCCCCCCC. The fourth-order valence-corrected chi connectivity index (χ4v) is 4.28. The second-order valence-corrected chi connectivity index (χ2v) is 9.87. The van der Waals surface area contributed by atoms with Gasteiger partial charge in [0.2, 0.25) is 5.91 Å². The van der Waals surface area contributed by atoms with E-state index >= 15 is 0 Å². The number of unbranched alkanes of at least 4 members (excludes halogenated alkanes) is 20. The predicted molar refractivity (Wildman–Crippen MR) is 144 cm³/mol.